The molecule has 1 aliphatic carbocycles. The van der Waals surface area contributed by atoms with Crippen LogP contribution in [0, 0.1) is 5.92 Å². The van der Waals surface area contributed by atoms with Gasteiger partial charge in [-0.1, -0.05) is 64.2 Å². The molecule has 3 fully saturated rings. The van der Waals surface area contributed by atoms with Crippen molar-refractivity contribution in [3.63, 3.8) is 0 Å². The molecule has 0 spiro atoms. The maximum Gasteiger partial charge on any atom is 0.220 e. The number of nitrogens with one attached hydrogen (secondary N) is 1. The van der Waals surface area contributed by atoms with Gasteiger partial charge in [0, 0.05) is 51.7 Å². The maximum atomic E-state index is 12.7. The number of Topliss-reactive ketones (excluding diaryl/α,β-unsaturated/α-hetero) is 1. The van der Waals surface area contributed by atoms with E-state index in [0.29, 0.717) is 43.2 Å². The molecule has 1 amide bonds. The van der Waals surface area contributed by atoms with Gasteiger partial charge in [-0.3, -0.25) is 9.59 Å². The summed E-state index contributed by atoms with van der Waals surface area (Å²) < 4.78 is 22.0. The third kappa shape index (κ3) is 15.3. The van der Waals surface area contributed by atoms with Crippen LogP contribution < -0.4 is 5.32 Å². The first kappa shape index (κ1) is 33.5. The van der Waals surface area contributed by atoms with Crippen LogP contribution in [0.3, 0.4) is 0 Å². The maximum absolute atomic E-state index is 12.7. The summed E-state index contributed by atoms with van der Waals surface area (Å²) >= 11 is 0. The van der Waals surface area contributed by atoms with Crippen molar-refractivity contribution in [1.29, 1.82) is 0 Å². The molecule has 0 radical (unpaired) electrons. The Morgan fingerprint density at radius 3 is 1.68 bits per heavy atom. The molecule has 4 atom stereocenters. The van der Waals surface area contributed by atoms with Crippen molar-refractivity contribution in [1.82, 2.24) is 5.32 Å². The average molecular weight is 566 g/mol. The zero-order valence-corrected chi connectivity index (χ0v) is 25.4. The van der Waals surface area contributed by atoms with Gasteiger partial charge in [-0.05, 0) is 57.3 Å². The highest BCUT2D eigenvalue weighted by Gasteiger charge is 2.28. The predicted molar refractivity (Wildman–Crippen MR) is 159 cm³/mol. The highest BCUT2D eigenvalue weighted by Crippen LogP contribution is 2.28. The van der Waals surface area contributed by atoms with Crippen molar-refractivity contribution in [2.24, 2.45) is 5.92 Å². The molecule has 2 unspecified atom stereocenters. The number of ether oxygens (including phenoxy) is 4. The second-order valence-electron chi connectivity index (χ2n) is 12.4. The van der Waals surface area contributed by atoms with E-state index in [-0.39, 0.29) is 11.9 Å². The van der Waals surface area contributed by atoms with Gasteiger partial charge in [0.05, 0.1) is 25.4 Å². The molecule has 2 saturated heterocycles. The Labute approximate surface area is 244 Å². The Kier molecular flexibility index (Phi) is 18.1. The van der Waals surface area contributed by atoms with Crippen molar-refractivity contribution in [2.75, 3.05) is 39.6 Å². The molecule has 3 rings (SSSR count). The van der Waals surface area contributed by atoms with E-state index in [1.807, 2.05) is 0 Å². The van der Waals surface area contributed by atoms with Crippen molar-refractivity contribution in [2.45, 2.75) is 153 Å². The third-order valence-corrected chi connectivity index (χ3v) is 8.88. The number of hydrogen-bond donors (Lipinski definition) is 1. The standard InChI is InChI=1S/C33H59NO6/c35-29(16-9-5-1-3-7-13-21-37-26-30-19-23-39-30)25-28-15-11-12-17-32(28)34-33(36)18-10-6-2-4-8-14-22-38-27-31-20-24-40-31/h28,30-32H,1-27H2,(H,34,36)/t28-,30?,31?,32+/m1/s1. The number of carbonyl (C=O) groups is 2. The third-order valence-electron chi connectivity index (χ3n) is 8.88. The molecule has 0 aromatic rings. The van der Waals surface area contributed by atoms with Crippen molar-refractivity contribution < 1.29 is 28.5 Å². The molecule has 3 aliphatic rings. The molecule has 7 nitrogen and oxygen atoms in total. The average Bonchev–Trinajstić information content (AvgIpc) is 2.89. The lowest BCUT2D eigenvalue weighted by Gasteiger charge is -2.32. The van der Waals surface area contributed by atoms with Crippen LogP contribution in [0.15, 0.2) is 0 Å². The van der Waals surface area contributed by atoms with E-state index in [1.54, 1.807) is 0 Å². The highest BCUT2D eigenvalue weighted by atomic mass is 16.6. The quantitative estimate of drug-likeness (QED) is 0.124. The molecule has 0 aromatic heterocycles. The van der Waals surface area contributed by atoms with Crippen molar-refractivity contribution >= 4 is 11.7 Å². The van der Waals surface area contributed by atoms with Gasteiger partial charge in [-0.15, -0.1) is 0 Å². The van der Waals surface area contributed by atoms with Crippen LogP contribution >= 0.6 is 0 Å². The molecule has 7 heteroatoms. The van der Waals surface area contributed by atoms with E-state index in [4.69, 9.17) is 18.9 Å². The predicted octanol–water partition coefficient (Wildman–Crippen LogP) is 6.69. The fourth-order valence-corrected chi connectivity index (χ4v) is 6.01. The summed E-state index contributed by atoms with van der Waals surface area (Å²) in [5.41, 5.74) is 0. The van der Waals surface area contributed by atoms with Crippen LogP contribution in [-0.2, 0) is 28.5 Å². The van der Waals surface area contributed by atoms with Crippen LogP contribution in [-0.4, -0.2) is 69.6 Å². The first-order chi connectivity index (χ1) is 19.7. The van der Waals surface area contributed by atoms with Crippen LogP contribution in [0.4, 0.5) is 0 Å². The van der Waals surface area contributed by atoms with Gasteiger partial charge < -0.3 is 24.3 Å². The summed E-state index contributed by atoms with van der Waals surface area (Å²) in [4.78, 5) is 25.3. The second-order valence-corrected chi connectivity index (χ2v) is 12.4. The molecule has 0 aromatic carbocycles. The van der Waals surface area contributed by atoms with Gasteiger partial charge in [0.2, 0.25) is 5.91 Å². The van der Waals surface area contributed by atoms with Crippen molar-refractivity contribution in [3.8, 4) is 0 Å². The van der Waals surface area contributed by atoms with Gasteiger partial charge in [-0.2, -0.15) is 0 Å². The van der Waals surface area contributed by atoms with Crippen LogP contribution in [0.5, 0.6) is 0 Å². The lowest BCUT2D eigenvalue weighted by molar-refractivity contribution is -0.124. The number of hydrogen-bond acceptors (Lipinski definition) is 6. The Bertz CT molecular complexity index is 609. The van der Waals surface area contributed by atoms with E-state index >= 15 is 0 Å². The van der Waals surface area contributed by atoms with Gasteiger partial charge in [0.15, 0.2) is 0 Å². The number of carbonyl (C=O) groups excluding carboxylic acids is 2. The van der Waals surface area contributed by atoms with Crippen molar-refractivity contribution in [3.05, 3.63) is 0 Å². The van der Waals surface area contributed by atoms with Gasteiger partial charge >= 0.3 is 0 Å². The van der Waals surface area contributed by atoms with E-state index in [0.717, 1.165) is 110 Å². The lowest BCUT2D eigenvalue weighted by Crippen LogP contribution is -2.42. The minimum atomic E-state index is 0.178. The first-order valence-electron chi connectivity index (χ1n) is 16.9. The molecule has 40 heavy (non-hydrogen) atoms. The second kappa shape index (κ2) is 21.6. The SMILES string of the molecule is O=C(CCCCCCCCOCC1CCO1)C[C@H]1CCCC[C@@H]1NC(=O)CCCCCCCCOCC1CCO1. The Hall–Kier alpha value is -1.02. The number of unbranched alkanes of at least 4 members (excludes halogenated alkanes) is 10. The van der Waals surface area contributed by atoms with Crippen LogP contribution in [0.25, 0.3) is 0 Å². The fraction of sp³-hybridized carbons (Fsp3) is 0.939. The van der Waals surface area contributed by atoms with E-state index < -0.39 is 0 Å². The molecule has 232 valence electrons. The molecular weight excluding hydrogens is 506 g/mol. The zero-order chi connectivity index (χ0) is 28.1. The van der Waals surface area contributed by atoms with E-state index in [9.17, 15) is 9.59 Å². The summed E-state index contributed by atoms with van der Waals surface area (Å²) in [6.07, 6.45) is 23.0. The highest BCUT2D eigenvalue weighted by molar-refractivity contribution is 5.79. The summed E-state index contributed by atoms with van der Waals surface area (Å²) in [6.45, 7) is 4.96. The molecule has 1 N–H and O–H groups in total. The number of ketones is 1. The van der Waals surface area contributed by atoms with E-state index in [1.165, 1.54) is 44.9 Å². The summed E-state index contributed by atoms with van der Waals surface area (Å²) in [6, 6.07) is 0.189. The number of rotatable bonds is 25. The minimum absolute atomic E-state index is 0.178. The summed E-state index contributed by atoms with van der Waals surface area (Å²) in [5, 5.41) is 3.30. The molecule has 2 aliphatic heterocycles. The Morgan fingerprint density at radius 1 is 0.625 bits per heavy atom. The Morgan fingerprint density at radius 2 is 1.12 bits per heavy atom. The molecule has 1 saturated carbocycles. The largest absolute Gasteiger partial charge is 0.379 e. The zero-order valence-electron chi connectivity index (χ0n) is 25.4. The molecular formula is C33H59NO6. The first-order valence-corrected chi connectivity index (χ1v) is 16.9. The van der Waals surface area contributed by atoms with Gasteiger partial charge in [0.25, 0.3) is 0 Å². The van der Waals surface area contributed by atoms with Gasteiger partial charge in [-0.25, -0.2) is 0 Å². The van der Waals surface area contributed by atoms with Crippen LogP contribution in [0.1, 0.15) is 135 Å². The monoisotopic (exact) mass is 565 g/mol. The minimum Gasteiger partial charge on any atom is -0.379 e. The normalized spacial score (nSPS) is 24.3. The molecule has 2 heterocycles. The van der Waals surface area contributed by atoms with E-state index in [2.05, 4.69) is 5.32 Å². The fourth-order valence-electron chi connectivity index (χ4n) is 6.01. The molecule has 0 bridgehead atoms. The number of amides is 1. The van der Waals surface area contributed by atoms with Gasteiger partial charge in [0.1, 0.15) is 5.78 Å². The smallest absolute Gasteiger partial charge is 0.220 e. The summed E-state index contributed by atoms with van der Waals surface area (Å²) in [7, 11) is 0. The summed E-state index contributed by atoms with van der Waals surface area (Å²) in [5.74, 6) is 0.894. The Balaban J connectivity index is 1.11. The lowest BCUT2D eigenvalue weighted by atomic mass is 9.80. The van der Waals surface area contributed by atoms with Crippen LogP contribution in [0.2, 0.25) is 0 Å². The topological polar surface area (TPSA) is 83.1 Å².